The highest BCUT2D eigenvalue weighted by Gasteiger charge is 2.26. The maximum atomic E-state index is 6.01. The van der Waals surface area contributed by atoms with Gasteiger partial charge in [0.1, 0.15) is 23.0 Å². The predicted octanol–water partition coefficient (Wildman–Crippen LogP) is 8.30. The summed E-state index contributed by atoms with van der Waals surface area (Å²) in [6.07, 6.45) is 2.04. The van der Waals surface area contributed by atoms with Gasteiger partial charge in [-0.25, -0.2) is 0 Å². The molecule has 0 atom stereocenters. The van der Waals surface area contributed by atoms with Crippen LogP contribution >= 0.6 is 0 Å². The van der Waals surface area contributed by atoms with Gasteiger partial charge < -0.3 is 28.9 Å². The fourth-order valence-corrected chi connectivity index (χ4v) is 5.54. The fourth-order valence-electron chi connectivity index (χ4n) is 5.54. The van der Waals surface area contributed by atoms with Crippen molar-refractivity contribution >= 4 is 21.8 Å². The second-order valence-electron chi connectivity index (χ2n) is 9.97. The van der Waals surface area contributed by atoms with Crippen molar-refractivity contribution < 1.29 is 18.9 Å². The number of hydrogen-bond acceptors (Lipinski definition) is 4. The largest absolute Gasteiger partial charge is 0.497 e. The van der Waals surface area contributed by atoms with Gasteiger partial charge in [-0.05, 0) is 25.0 Å². The van der Waals surface area contributed by atoms with Gasteiger partial charge in [0, 0.05) is 35.5 Å². The van der Waals surface area contributed by atoms with Gasteiger partial charge in [0.2, 0.25) is 0 Å². The first-order valence-corrected chi connectivity index (χ1v) is 13.2. The molecule has 2 N–H and O–H groups in total. The summed E-state index contributed by atoms with van der Waals surface area (Å²) < 4.78 is 23.4. The molecule has 0 aliphatic heterocycles. The standard InChI is InChI=1S/C34H32N2O4/c1-19-7-11-21(12-8-19)24-18-35-33-30(24)27(39-5)17-28(40-6)32(33)34-29(22-13-9-20(2)10-14-22)31-25(36-34)15-23(37-3)16-26(31)38-4/h7-18,35-36H,1-6H3. The Morgan fingerprint density at radius 2 is 1.18 bits per heavy atom. The molecule has 6 aromatic rings. The van der Waals surface area contributed by atoms with Crippen LogP contribution in [-0.4, -0.2) is 38.4 Å². The van der Waals surface area contributed by atoms with Crippen LogP contribution in [0.5, 0.6) is 23.0 Å². The number of hydrogen-bond donors (Lipinski definition) is 2. The molecule has 0 radical (unpaired) electrons. The lowest BCUT2D eigenvalue weighted by atomic mass is 9.94. The SMILES string of the molecule is COc1cc(OC)c2c(-c3ccc(C)cc3)c(-c3c(OC)cc(OC)c4c(-c5ccc(C)cc5)c[nH]c34)[nH]c2c1. The van der Waals surface area contributed by atoms with Gasteiger partial charge >= 0.3 is 0 Å². The first-order chi connectivity index (χ1) is 19.5. The highest BCUT2D eigenvalue weighted by molar-refractivity contribution is 6.14. The molecule has 0 aliphatic carbocycles. The molecular weight excluding hydrogens is 500 g/mol. The molecule has 6 heteroatoms. The van der Waals surface area contributed by atoms with Crippen LogP contribution < -0.4 is 18.9 Å². The summed E-state index contributed by atoms with van der Waals surface area (Å²) in [7, 11) is 6.72. The van der Waals surface area contributed by atoms with Gasteiger partial charge in [0.25, 0.3) is 0 Å². The molecule has 202 valence electrons. The molecule has 4 aromatic carbocycles. The third-order valence-electron chi connectivity index (χ3n) is 7.57. The number of nitrogens with one attached hydrogen (secondary N) is 2. The Morgan fingerprint density at radius 3 is 1.77 bits per heavy atom. The number of aryl methyl sites for hydroxylation is 2. The van der Waals surface area contributed by atoms with Crippen LogP contribution in [0.25, 0.3) is 55.3 Å². The van der Waals surface area contributed by atoms with Crippen LogP contribution in [-0.2, 0) is 0 Å². The van der Waals surface area contributed by atoms with Crippen molar-refractivity contribution in [3.63, 3.8) is 0 Å². The highest BCUT2D eigenvalue weighted by Crippen LogP contribution is 2.51. The number of methoxy groups -OCH3 is 4. The number of aromatic amines is 2. The topological polar surface area (TPSA) is 68.5 Å². The fraction of sp³-hybridized carbons (Fsp3) is 0.176. The summed E-state index contributed by atoms with van der Waals surface area (Å²) in [5.41, 5.74) is 10.3. The third kappa shape index (κ3) is 4.04. The van der Waals surface area contributed by atoms with E-state index in [0.29, 0.717) is 11.5 Å². The lowest BCUT2D eigenvalue weighted by Crippen LogP contribution is -1.95. The maximum Gasteiger partial charge on any atom is 0.134 e. The minimum absolute atomic E-state index is 0.688. The molecule has 0 saturated heterocycles. The van der Waals surface area contributed by atoms with Crippen LogP contribution in [0.1, 0.15) is 11.1 Å². The lowest BCUT2D eigenvalue weighted by molar-refractivity contribution is 0.398. The molecule has 6 rings (SSSR count). The Kier molecular flexibility index (Phi) is 6.39. The van der Waals surface area contributed by atoms with Crippen molar-refractivity contribution in [2.75, 3.05) is 28.4 Å². The number of aromatic nitrogens is 2. The number of rotatable bonds is 7. The zero-order chi connectivity index (χ0) is 28.0. The minimum Gasteiger partial charge on any atom is -0.497 e. The molecule has 6 nitrogen and oxygen atoms in total. The van der Waals surface area contributed by atoms with Gasteiger partial charge in [-0.3, -0.25) is 0 Å². The summed E-state index contributed by atoms with van der Waals surface area (Å²) in [6.45, 7) is 4.18. The van der Waals surface area contributed by atoms with Crippen LogP contribution in [0.4, 0.5) is 0 Å². The van der Waals surface area contributed by atoms with E-state index in [1.807, 2.05) is 24.4 Å². The molecule has 0 saturated carbocycles. The van der Waals surface area contributed by atoms with Crippen molar-refractivity contribution in [3.8, 4) is 56.5 Å². The van der Waals surface area contributed by atoms with Gasteiger partial charge in [0.05, 0.1) is 61.5 Å². The second kappa shape index (κ2) is 10.0. The first-order valence-electron chi connectivity index (χ1n) is 13.2. The molecule has 0 fully saturated rings. The van der Waals surface area contributed by atoms with Crippen LogP contribution in [0.15, 0.2) is 72.9 Å². The van der Waals surface area contributed by atoms with E-state index < -0.39 is 0 Å². The lowest BCUT2D eigenvalue weighted by Gasteiger charge is -2.15. The molecule has 40 heavy (non-hydrogen) atoms. The van der Waals surface area contributed by atoms with E-state index in [1.54, 1.807) is 28.4 Å². The van der Waals surface area contributed by atoms with Gasteiger partial charge in [-0.2, -0.15) is 0 Å². The minimum atomic E-state index is 0.688. The molecule has 2 aromatic heterocycles. The Balaban J connectivity index is 1.74. The van der Waals surface area contributed by atoms with Crippen molar-refractivity contribution in [2.45, 2.75) is 13.8 Å². The van der Waals surface area contributed by atoms with Crippen LogP contribution in [0, 0.1) is 13.8 Å². The van der Waals surface area contributed by atoms with Crippen LogP contribution in [0.3, 0.4) is 0 Å². The third-order valence-corrected chi connectivity index (χ3v) is 7.57. The number of benzene rings is 4. The zero-order valence-electron chi connectivity index (χ0n) is 23.6. The Morgan fingerprint density at radius 1 is 0.575 bits per heavy atom. The molecule has 0 aliphatic rings. The molecule has 0 unspecified atom stereocenters. The quantitative estimate of drug-likeness (QED) is 0.217. The summed E-state index contributed by atoms with van der Waals surface area (Å²) in [5, 5.41) is 1.96. The van der Waals surface area contributed by atoms with Crippen molar-refractivity contribution in [3.05, 3.63) is 84.1 Å². The predicted molar refractivity (Wildman–Crippen MR) is 162 cm³/mol. The Hall–Kier alpha value is -4.84. The summed E-state index contributed by atoms with van der Waals surface area (Å²) in [6, 6.07) is 22.9. The average Bonchev–Trinajstić information content (AvgIpc) is 3.59. The van der Waals surface area contributed by atoms with E-state index in [1.165, 1.54) is 11.1 Å². The summed E-state index contributed by atoms with van der Waals surface area (Å²) >= 11 is 0. The number of ether oxygens (including phenoxy) is 4. The van der Waals surface area contributed by atoms with E-state index in [4.69, 9.17) is 18.9 Å². The Bertz CT molecular complexity index is 1840. The number of fused-ring (bicyclic) bond motifs is 2. The summed E-state index contributed by atoms with van der Waals surface area (Å²) in [4.78, 5) is 7.27. The van der Waals surface area contributed by atoms with Crippen molar-refractivity contribution in [1.29, 1.82) is 0 Å². The monoisotopic (exact) mass is 532 g/mol. The van der Waals surface area contributed by atoms with E-state index in [0.717, 1.165) is 66.8 Å². The smallest absolute Gasteiger partial charge is 0.134 e. The molecule has 0 amide bonds. The van der Waals surface area contributed by atoms with Gasteiger partial charge in [-0.1, -0.05) is 59.7 Å². The second-order valence-corrected chi connectivity index (χ2v) is 9.97. The normalized spacial score (nSPS) is 11.2. The van der Waals surface area contributed by atoms with E-state index in [9.17, 15) is 0 Å². The molecule has 2 heterocycles. The zero-order valence-corrected chi connectivity index (χ0v) is 23.6. The summed E-state index contributed by atoms with van der Waals surface area (Å²) in [5.74, 6) is 2.86. The van der Waals surface area contributed by atoms with Gasteiger partial charge in [-0.15, -0.1) is 0 Å². The first kappa shape index (κ1) is 25.4. The number of H-pyrrole nitrogens is 2. The maximum absolute atomic E-state index is 6.01. The molecular formula is C34H32N2O4. The van der Waals surface area contributed by atoms with Crippen molar-refractivity contribution in [2.24, 2.45) is 0 Å². The highest BCUT2D eigenvalue weighted by atomic mass is 16.5. The van der Waals surface area contributed by atoms with Crippen LogP contribution in [0.2, 0.25) is 0 Å². The van der Waals surface area contributed by atoms with E-state index in [2.05, 4.69) is 72.3 Å². The van der Waals surface area contributed by atoms with E-state index in [-0.39, 0.29) is 0 Å². The van der Waals surface area contributed by atoms with Crippen molar-refractivity contribution in [1.82, 2.24) is 9.97 Å². The molecule has 0 spiro atoms. The van der Waals surface area contributed by atoms with E-state index >= 15 is 0 Å². The molecule has 0 bridgehead atoms. The average molecular weight is 533 g/mol. The van der Waals surface area contributed by atoms with Gasteiger partial charge in [0.15, 0.2) is 0 Å². The Labute approximate surface area is 233 Å².